The molecule has 1 aliphatic heterocycles. The quantitative estimate of drug-likeness (QED) is 0.492. The Kier molecular flexibility index (Phi) is 6.68. The smallest absolute Gasteiger partial charge is 0.303 e. The number of esters is 1. The molecule has 4 rings (SSSR count). The van der Waals surface area contributed by atoms with Crippen LogP contribution in [0.2, 0.25) is 0 Å². The number of hydrogen-bond acceptors (Lipinski definition) is 10. The number of ether oxygens (including phenoxy) is 5. The largest absolute Gasteiger partial charge is 0.493 e. The van der Waals surface area contributed by atoms with Crippen LogP contribution in [0.15, 0.2) is 30.4 Å². The molecule has 1 aromatic rings. The van der Waals surface area contributed by atoms with Crippen LogP contribution in [0, 0.1) is 0 Å². The molecule has 3 N–H and O–H groups in total. The van der Waals surface area contributed by atoms with E-state index >= 15 is 0 Å². The Morgan fingerprint density at radius 3 is 2.44 bits per heavy atom. The van der Waals surface area contributed by atoms with E-state index in [4.69, 9.17) is 23.7 Å². The number of ketones is 1. The number of carbonyl (C=O) groups is 2. The molecule has 1 spiro atoms. The van der Waals surface area contributed by atoms with Crippen LogP contribution in [-0.2, 0) is 30.9 Å². The van der Waals surface area contributed by atoms with Crippen LogP contribution in [0.3, 0.4) is 0 Å². The highest BCUT2D eigenvalue weighted by atomic mass is 16.7. The fraction of sp³-hybridized carbons (Fsp3) is 0.500. The van der Waals surface area contributed by atoms with E-state index in [1.807, 2.05) is 6.07 Å². The second kappa shape index (κ2) is 9.38. The summed E-state index contributed by atoms with van der Waals surface area (Å²) in [6.07, 6.45) is 0.881. The van der Waals surface area contributed by atoms with Crippen molar-refractivity contribution < 1.29 is 48.6 Å². The molecule has 10 nitrogen and oxygen atoms in total. The summed E-state index contributed by atoms with van der Waals surface area (Å²) >= 11 is 0. The highest BCUT2D eigenvalue weighted by Crippen LogP contribution is 2.54. The highest BCUT2D eigenvalue weighted by molar-refractivity contribution is 6.01. The third kappa shape index (κ3) is 4.07. The molecular formula is C24H28O10. The number of rotatable bonds is 6. The summed E-state index contributed by atoms with van der Waals surface area (Å²) in [6, 6.07) is 1.84. The molecule has 184 valence electrons. The predicted molar refractivity (Wildman–Crippen MR) is 117 cm³/mol. The van der Waals surface area contributed by atoms with Crippen molar-refractivity contribution in [3.05, 3.63) is 41.5 Å². The van der Waals surface area contributed by atoms with Crippen molar-refractivity contribution >= 4 is 11.8 Å². The number of allylic oxidation sites excluding steroid dienone is 4. The fourth-order valence-corrected chi connectivity index (χ4v) is 4.79. The lowest BCUT2D eigenvalue weighted by Gasteiger charge is -2.41. The van der Waals surface area contributed by atoms with Gasteiger partial charge in [0.05, 0.1) is 20.8 Å². The molecule has 1 fully saturated rings. The van der Waals surface area contributed by atoms with Crippen molar-refractivity contribution in [2.75, 3.05) is 20.8 Å². The van der Waals surface area contributed by atoms with E-state index in [0.717, 1.165) is 18.1 Å². The SMILES string of the molecule is COc1cc2c(c(OC3OC(CO)C(O)C(O)C3OC(C)=O)c1OC)C1(C=CC(=O)C=C1)CC2. The van der Waals surface area contributed by atoms with E-state index < -0.39 is 48.7 Å². The Hall–Kier alpha value is -2.92. The summed E-state index contributed by atoms with van der Waals surface area (Å²) in [4.78, 5) is 23.6. The van der Waals surface area contributed by atoms with Gasteiger partial charge in [0.2, 0.25) is 12.0 Å². The van der Waals surface area contributed by atoms with E-state index in [1.54, 1.807) is 12.2 Å². The van der Waals surface area contributed by atoms with Crippen molar-refractivity contribution in [3.8, 4) is 17.2 Å². The summed E-state index contributed by atoms with van der Waals surface area (Å²) in [6.45, 7) is 0.553. The predicted octanol–water partition coefficient (Wildman–Crippen LogP) is 0.332. The molecule has 5 atom stereocenters. The Balaban J connectivity index is 1.84. The van der Waals surface area contributed by atoms with Crippen molar-refractivity contribution in [1.82, 2.24) is 0 Å². The molecule has 10 heteroatoms. The van der Waals surface area contributed by atoms with Gasteiger partial charge in [-0.3, -0.25) is 9.59 Å². The van der Waals surface area contributed by atoms with Crippen LogP contribution >= 0.6 is 0 Å². The van der Waals surface area contributed by atoms with Gasteiger partial charge < -0.3 is 39.0 Å². The van der Waals surface area contributed by atoms with Gasteiger partial charge in [-0.15, -0.1) is 0 Å². The number of methoxy groups -OCH3 is 2. The summed E-state index contributed by atoms with van der Waals surface area (Å²) in [5.74, 6) is 0.0163. The Bertz CT molecular complexity index is 1010. The fourth-order valence-electron chi connectivity index (χ4n) is 4.79. The summed E-state index contributed by atoms with van der Waals surface area (Å²) in [5.41, 5.74) is 0.963. The van der Waals surface area contributed by atoms with Crippen molar-refractivity contribution in [1.29, 1.82) is 0 Å². The van der Waals surface area contributed by atoms with E-state index in [1.165, 1.54) is 26.4 Å². The van der Waals surface area contributed by atoms with E-state index in [2.05, 4.69) is 0 Å². The maximum atomic E-state index is 11.8. The monoisotopic (exact) mass is 476 g/mol. The van der Waals surface area contributed by atoms with Crippen LogP contribution in [0.4, 0.5) is 0 Å². The first kappa shape index (κ1) is 24.2. The lowest BCUT2D eigenvalue weighted by Crippen LogP contribution is -2.61. The molecule has 2 aliphatic carbocycles. The van der Waals surface area contributed by atoms with Gasteiger partial charge in [-0.05, 0) is 36.6 Å². The first-order valence-electron chi connectivity index (χ1n) is 10.9. The Morgan fingerprint density at radius 2 is 1.85 bits per heavy atom. The van der Waals surface area contributed by atoms with Gasteiger partial charge in [-0.25, -0.2) is 0 Å². The number of aliphatic hydroxyl groups is 3. The maximum absolute atomic E-state index is 11.8. The van der Waals surface area contributed by atoms with Crippen LogP contribution in [0.25, 0.3) is 0 Å². The van der Waals surface area contributed by atoms with Gasteiger partial charge >= 0.3 is 5.97 Å². The molecule has 3 aliphatic rings. The molecule has 0 saturated carbocycles. The zero-order chi connectivity index (χ0) is 24.6. The molecule has 1 heterocycles. The molecule has 34 heavy (non-hydrogen) atoms. The number of aryl methyl sites for hydroxylation is 1. The highest BCUT2D eigenvalue weighted by Gasteiger charge is 2.49. The number of fused-ring (bicyclic) bond motifs is 2. The van der Waals surface area contributed by atoms with Crippen molar-refractivity contribution in [3.63, 3.8) is 0 Å². The van der Waals surface area contributed by atoms with Crippen LogP contribution < -0.4 is 14.2 Å². The topological polar surface area (TPSA) is 141 Å². The van der Waals surface area contributed by atoms with Gasteiger partial charge in [-0.2, -0.15) is 0 Å². The van der Waals surface area contributed by atoms with Gasteiger partial charge in [-0.1, -0.05) is 12.2 Å². The molecule has 0 amide bonds. The van der Waals surface area contributed by atoms with E-state index in [0.29, 0.717) is 18.6 Å². The average Bonchev–Trinajstić information content (AvgIpc) is 3.17. The average molecular weight is 476 g/mol. The first-order chi connectivity index (χ1) is 16.2. The maximum Gasteiger partial charge on any atom is 0.303 e. The van der Waals surface area contributed by atoms with E-state index in [9.17, 15) is 24.9 Å². The van der Waals surface area contributed by atoms with Crippen LogP contribution in [-0.4, -0.2) is 78.6 Å². The van der Waals surface area contributed by atoms with Gasteiger partial charge in [0.25, 0.3) is 0 Å². The summed E-state index contributed by atoms with van der Waals surface area (Å²) < 4.78 is 28.3. The number of hydrogen-bond donors (Lipinski definition) is 3. The third-order valence-electron chi connectivity index (χ3n) is 6.43. The number of aliphatic hydroxyl groups excluding tert-OH is 3. The second-order valence-electron chi connectivity index (χ2n) is 8.48. The lowest BCUT2D eigenvalue weighted by atomic mass is 9.78. The summed E-state index contributed by atoms with van der Waals surface area (Å²) in [7, 11) is 2.92. The van der Waals surface area contributed by atoms with E-state index in [-0.39, 0.29) is 17.3 Å². The second-order valence-corrected chi connectivity index (χ2v) is 8.48. The lowest BCUT2D eigenvalue weighted by molar-refractivity contribution is -0.282. The molecule has 0 aromatic heterocycles. The van der Waals surface area contributed by atoms with Gasteiger partial charge in [0.1, 0.15) is 18.3 Å². The third-order valence-corrected chi connectivity index (χ3v) is 6.43. The van der Waals surface area contributed by atoms with Gasteiger partial charge in [0, 0.05) is 17.9 Å². The molecule has 5 unspecified atom stereocenters. The van der Waals surface area contributed by atoms with Gasteiger partial charge in [0.15, 0.2) is 23.4 Å². The Labute approximate surface area is 196 Å². The summed E-state index contributed by atoms with van der Waals surface area (Å²) in [5, 5.41) is 30.5. The molecular weight excluding hydrogens is 448 g/mol. The molecule has 0 radical (unpaired) electrons. The van der Waals surface area contributed by atoms with Crippen LogP contribution in [0.1, 0.15) is 24.5 Å². The first-order valence-corrected chi connectivity index (χ1v) is 10.9. The number of carbonyl (C=O) groups excluding carboxylic acids is 2. The standard InChI is InChI=1S/C24H28O10/c1-12(26)32-22-19(29)18(28)16(11-25)33-23(22)34-21-17-13(10-15(30-2)20(21)31-3)4-7-24(17)8-5-14(27)6-9-24/h5-6,8-10,16,18-19,22-23,25,28-29H,4,7,11H2,1-3H3. The van der Waals surface area contributed by atoms with Crippen molar-refractivity contribution in [2.24, 2.45) is 0 Å². The van der Waals surface area contributed by atoms with Crippen LogP contribution in [0.5, 0.6) is 17.2 Å². The Morgan fingerprint density at radius 1 is 1.15 bits per heavy atom. The normalized spacial score (nSPS) is 29.1. The zero-order valence-corrected chi connectivity index (χ0v) is 19.1. The molecule has 1 saturated heterocycles. The minimum atomic E-state index is -1.58. The number of benzene rings is 1. The molecule has 0 bridgehead atoms. The minimum Gasteiger partial charge on any atom is -0.493 e. The minimum absolute atomic E-state index is 0.129. The zero-order valence-electron chi connectivity index (χ0n) is 19.1. The van der Waals surface area contributed by atoms with Crippen molar-refractivity contribution in [2.45, 2.75) is 55.9 Å². The molecule has 1 aromatic carbocycles.